The zero-order valence-electron chi connectivity index (χ0n) is 18.7. The minimum atomic E-state index is -0.0641. The molecule has 3 heterocycles. The molecule has 0 spiro atoms. The zero-order chi connectivity index (χ0) is 22.5. The SMILES string of the molecule is COc1cc(C(=O)N2CCN(c3cnnc(N4CCOCC4)c3)CC2)cc(OC)c1OC. The van der Waals surface area contributed by atoms with E-state index in [1.54, 1.807) is 25.4 Å². The Morgan fingerprint density at radius 2 is 1.53 bits per heavy atom. The van der Waals surface area contributed by atoms with Crippen LogP contribution in [-0.2, 0) is 4.74 Å². The van der Waals surface area contributed by atoms with Crippen LogP contribution in [-0.4, -0.2) is 94.8 Å². The Hall–Kier alpha value is -3.27. The Labute approximate surface area is 187 Å². The number of carbonyl (C=O) groups excluding carboxylic acids is 1. The predicted molar refractivity (Wildman–Crippen MR) is 119 cm³/mol. The number of methoxy groups -OCH3 is 3. The van der Waals surface area contributed by atoms with Gasteiger partial charge in [-0.3, -0.25) is 4.79 Å². The summed E-state index contributed by atoms with van der Waals surface area (Å²) in [6.07, 6.45) is 1.78. The van der Waals surface area contributed by atoms with Gasteiger partial charge in [-0.15, -0.1) is 5.10 Å². The first-order chi connectivity index (χ1) is 15.6. The van der Waals surface area contributed by atoms with Crippen molar-refractivity contribution in [1.29, 1.82) is 0 Å². The van der Waals surface area contributed by atoms with Crippen LogP contribution >= 0.6 is 0 Å². The molecule has 4 rings (SSSR count). The van der Waals surface area contributed by atoms with Gasteiger partial charge in [0.05, 0.1) is 46.4 Å². The molecule has 172 valence electrons. The summed E-state index contributed by atoms with van der Waals surface area (Å²) in [7, 11) is 4.62. The molecule has 1 aromatic heterocycles. The minimum absolute atomic E-state index is 0.0641. The third-order valence-electron chi connectivity index (χ3n) is 5.81. The van der Waals surface area contributed by atoms with Gasteiger partial charge in [0.25, 0.3) is 5.91 Å². The summed E-state index contributed by atoms with van der Waals surface area (Å²) in [5, 5.41) is 8.48. The highest BCUT2D eigenvalue weighted by Gasteiger charge is 2.25. The lowest BCUT2D eigenvalue weighted by Gasteiger charge is -2.36. The van der Waals surface area contributed by atoms with E-state index in [0.717, 1.165) is 24.6 Å². The number of aromatic nitrogens is 2. The Morgan fingerprint density at radius 1 is 0.875 bits per heavy atom. The van der Waals surface area contributed by atoms with E-state index in [-0.39, 0.29) is 5.91 Å². The smallest absolute Gasteiger partial charge is 0.254 e. The quantitative estimate of drug-likeness (QED) is 0.655. The van der Waals surface area contributed by atoms with Crippen molar-refractivity contribution in [2.45, 2.75) is 0 Å². The number of nitrogens with zero attached hydrogens (tertiary/aromatic N) is 5. The number of rotatable bonds is 6. The number of amides is 1. The predicted octanol–water partition coefficient (Wildman–Crippen LogP) is 1.30. The van der Waals surface area contributed by atoms with Gasteiger partial charge in [0, 0.05) is 50.9 Å². The molecule has 2 fully saturated rings. The first-order valence-corrected chi connectivity index (χ1v) is 10.6. The number of ether oxygens (including phenoxy) is 4. The molecule has 32 heavy (non-hydrogen) atoms. The van der Waals surface area contributed by atoms with Gasteiger partial charge < -0.3 is 33.6 Å². The number of benzene rings is 1. The highest BCUT2D eigenvalue weighted by atomic mass is 16.5. The van der Waals surface area contributed by atoms with Gasteiger partial charge in [0.1, 0.15) is 0 Å². The maximum Gasteiger partial charge on any atom is 0.254 e. The van der Waals surface area contributed by atoms with E-state index in [9.17, 15) is 4.79 Å². The van der Waals surface area contributed by atoms with Crippen LogP contribution in [0.1, 0.15) is 10.4 Å². The highest BCUT2D eigenvalue weighted by Crippen LogP contribution is 2.38. The Bertz CT molecular complexity index is 917. The van der Waals surface area contributed by atoms with Gasteiger partial charge >= 0.3 is 0 Å². The fourth-order valence-corrected chi connectivity index (χ4v) is 4.02. The van der Waals surface area contributed by atoms with E-state index in [4.69, 9.17) is 18.9 Å². The van der Waals surface area contributed by atoms with Crippen molar-refractivity contribution in [3.8, 4) is 17.2 Å². The lowest BCUT2D eigenvalue weighted by Crippen LogP contribution is -2.49. The van der Waals surface area contributed by atoms with Crippen molar-refractivity contribution < 1.29 is 23.7 Å². The number of anilines is 2. The van der Waals surface area contributed by atoms with Crippen molar-refractivity contribution in [3.05, 3.63) is 30.0 Å². The molecule has 0 N–H and O–H groups in total. The number of hydrogen-bond donors (Lipinski definition) is 0. The number of piperazine rings is 1. The van der Waals surface area contributed by atoms with Crippen LogP contribution in [0.15, 0.2) is 24.4 Å². The fraction of sp³-hybridized carbons (Fsp3) is 0.500. The molecule has 2 saturated heterocycles. The molecule has 2 aliphatic heterocycles. The summed E-state index contributed by atoms with van der Waals surface area (Å²) in [6.45, 7) is 5.66. The molecule has 10 nitrogen and oxygen atoms in total. The molecule has 10 heteroatoms. The molecule has 0 radical (unpaired) electrons. The molecule has 2 aromatic rings. The van der Waals surface area contributed by atoms with Gasteiger partial charge in [0.15, 0.2) is 17.3 Å². The monoisotopic (exact) mass is 443 g/mol. The molecule has 2 aliphatic rings. The average molecular weight is 444 g/mol. The highest BCUT2D eigenvalue weighted by molar-refractivity contribution is 5.95. The van der Waals surface area contributed by atoms with Gasteiger partial charge in [-0.05, 0) is 12.1 Å². The molecule has 0 unspecified atom stereocenters. The largest absolute Gasteiger partial charge is 0.493 e. The number of hydrogen-bond acceptors (Lipinski definition) is 9. The number of carbonyl (C=O) groups is 1. The lowest BCUT2D eigenvalue weighted by molar-refractivity contribution is 0.0746. The molecule has 0 aliphatic carbocycles. The molecular formula is C22H29N5O5. The molecule has 1 aromatic carbocycles. The van der Waals surface area contributed by atoms with E-state index in [1.165, 1.54) is 14.2 Å². The third kappa shape index (κ3) is 4.50. The standard InChI is InChI=1S/C22H29N5O5/c1-29-18-12-16(13-19(30-2)21(18)31-3)22(28)27-6-4-25(5-7-27)17-14-20(24-23-15-17)26-8-10-32-11-9-26/h12-15H,4-11H2,1-3H3. The summed E-state index contributed by atoms with van der Waals surface area (Å²) in [5.74, 6) is 2.20. The van der Waals surface area contributed by atoms with Crippen LogP contribution in [0.5, 0.6) is 17.2 Å². The molecule has 0 bridgehead atoms. The average Bonchev–Trinajstić information content (AvgIpc) is 2.88. The molecular weight excluding hydrogens is 414 g/mol. The van der Waals surface area contributed by atoms with Crippen LogP contribution in [0.3, 0.4) is 0 Å². The summed E-state index contributed by atoms with van der Waals surface area (Å²) >= 11 is 0. The molecule has 0 saturated carbocycles. The Morgan fingerprint density at radius 3 is 2.12 bits per heavy atom. The molecule has 1 amide bonds. The van der Waals surface area contributed by atoms with E-state index in [0.29, 0.717) is 62.2 Å². The van der Waals surface area contributed by atoms with Crippen LogP contribution in [0.25, 0.3) is 0 Å². The van der Waals surface area contributed by atoms with E-state index in [1.807, 2.05) is 4.90 Å². The van der Waals surface area contributed by atoms with Crippen LogP contribution in [0.2, 0.25) is 0 Å². The van der Waals surface area contributed by atoms with Crippen molar-refractivity contribution in [2.75, 3.05) is 83.6 Å². The van der Waals surface area contributed by atoms with Crippen molar-refractivity contribution in [2.24, 2.45) is 0 Å². The molecule has 0 atom stereocenters. The summed E-state index contributed by atoms with van der Waals surface area (Å²) in [5.41, 5.74) is 1.52. The van der Waals surface area contributed by atoms with E-state index < -0.39 is 0 Å². The second-order valence-corrected chi connectivity index (χ2v) is 7.56. The maximum atomic E-state index is 13.2. The van der Waals surface area contributed by atoms with Crippen molar-refractivity contribution in [3.63, 3.8) is 0 Å². The van der Waals surface area contributed by atoms with Gasteiger partial charge in [-0.25, -0.2) is 0 Å². The zero-order valence-corrected chi connectivity index (χ0v) is 18.7. The van der Waals surface area contributed by atoms with Gasteiger partial charge in [0.2, 0.25) is 5.75 Å². The normalized spacial score (nSPS) is 16.7. The Balaban J connectivity index is 1.43. The first kappa shape index (κ1) is 21.9. The summed E-state index contributed by atoms with van der Waals surface area (Å²) < 4.78 is 21.5. The van der Waals surface area contributed by atoms with Gasteiger partial charge in [-0.1, -0.05) is 0 Å². The lowest BCUT2D eigenvalue weighted by atomic mass is 10.1. The van der Waals surface area contributed by atoms with Gasteiger partial charge in [-0.2, -0.15) is 5.10 Å². The maximum absolute atomic E-state index is 13.2. The second kappa shape index (κ2) is 9.90. The van der Waals surface area contributed by atoms with Crippen LogP contribution in [0.4, 0.5) is 11.5 Å². The summed E-state index contributed by atoms with van der Waals surface area (Å²) in [4.78, 5) is 19.4. The summed E-state index contributed by atoms with van der Waals surface area (Å²) in [6, 6.07) is 5.45. The third-order valence-corrected chi connectivity index (χ3v) is 5.81. The van der Waals surface area contributed by atoms with E-state index >= 15 is 0 Å². The van der Waals surface area contributed by atoms with Crippen LogP contribution < -0.4 is 24.0 Å². The van der Waals surface area contributed by atoms with E-state index in [2.05, 4.69) is 26.1 Å². The topological polar surface area (TPSA) is 89.5 Å². The first-order valence-electron chi connectivity index (χ1n) is 10.6. The number of morpholine rings is 1. The Kier molecular flexibility index (Phi) is 6.79. The second-order valence-electron chi connectivity index (χ2n) is 7.56. The van der Waals surface area contributed by atoms with Crippen molar-refractivity contribution in [1.82, 2.24) is 15.1 Å². The van der Waals surface area contributed by atoms with Crippen LogP contribution in [0, 0.1) is 0 Å². The minimum Gasteiger partial charge on any atom is -0.493 e. The fourth-order valence-electron chi connectivity index (χ4n) is 4.02. The van der Waals surface area contributed by atoms with Crippen molar-refractivity contribution >= 4 is 17.4 Å².